The van der Waals surface area contributed by atoms with Crippen molar-refractivity contribution in [2.24, 2.45) is 0 Å². The highest BCUT2D eigenvalue weighted by Gasteiger charge is 2.19. The number of nitrogen functional groups attached to an aromatic ring is 1. The van der Waals surface area contributed by atoms with Crippen LogP contribution in [0.4, 0.5) is 5.82 Å². The molecule has 0 aliphatic carbocycles. The van der Waals surface area contributed by atoms with E-state index in [4.69, 9.17) is 19.9 Å². The van der Waals surface area contributed by atoms with E-state index in [-0.39, 0.29) is 18.1 Å². The quantitative estimate of drug-likeness (QED) is 0.817. The third-order valence-electron chi connectivity index (χ3n) is 3.17. The van der Waals surface area contributed by atoms with Crippen LogP contribution in [0, 0.1) is 0 Å². The van der Waals surface area contributed by atoms with E-state index in [0.717, 1.165) is 5.56 Å². The fraction of sp³-hybridized carbons (Fsp3) is 0.333. The van der Waals surface area contributed by atoms with Crippen LogP contribution in [0.25, 0.3) is 0 Å². The Morgan fingerprint density at radius 2 is 2.09 bits per heavy atom. The molecule has 0 saturated carbocycles. The van der Waals surface area contributed by atoms with E-state index in [1.807, 2.05) is 12.1 Å². The molecular formula is C15H19N3O4. The average Bonchev–Trinajstić information content (AvgIpc) is 2.88. The fourth-order valence-corrected chi connectivity index (χ4v) is 2.11. The van der Waals surface area contributed by atoms with Gasteiger partial charge in [0.2, 0.25) is 0 Å². The first-order valence-corrected chi connectivity index (χ1v) is 6.79. The summed E-state index contributed by atoms with van der Waals surface area (Å²) in [6, 6.07) is 5.46. The van der Waals surface area contributed by atoms with Crippen LogP contribution in [-0.4, -0.2) is 36.3 Å². The highest BCUT2D eigenvalue weighted by molar-refractivity contribution is 5.92. The number of imidazole rings is 1. The number of hydrogen-bond donors (Lipinski definition) is 1. The molecule has 118 valence electrons. The van der Waals surface area contributed by atoms with Gasteiger partial charge in [-0.2, -0.15) is 0 Å². The monoisotopic (exact) mass is 305 g/mol. The Morgan fingerprint density at radius 1 is 1.32 bits per heavy atom. The number of benzene rings is 1. The Morgan fingerprint density at radius 3 is 2.73 bits per heavy atom. The lowest BCUT2D eigenvalue weighted by Crippen LogP contribution is -2.14. The lowest BCUT2D eigenvalue weighted by Gasteiger charge is -2.12. The third-order valence-corrected chi connectivity index (χ3v) is 3.17. The molecular weight excluding hydrogens is 286 g/mol. The molecule has 2 aromatic rings. The third kappa shape index (κ3) is 3.13. The van der Waals surface area contributed by atoms with Crippen LogP contribution in [0.1, 0.15) is 23.0 Å². The van der Waals surface area contributed by atoms with Crippen molar-refractivity contribution in [2.45, 2.75) is 13.5 Å². The molecule has 2 rings (SSSR count). The predicted molar refractivity (Wildman–Crippen MR) is 81.2 cm³/mol. The van der Waals surface area contributed by atoms with Gasteiger partial charge < -0.3 is 24.5 Å². The standard InChI is InChI=1S/C15H19N3O4/c1-4-22-15(19)13-14(16)17-9-18(13)8-10-5-6-11(20-2)7-12(10)21-3/h5-7,9H,4,8,16H2,1-3H3. The van der Waals surface area contributed by atoms with Gasteiger partial charge in [-0.3, -0.25) is 0 Å². The molecule has 0 atom stereocenters. The highest BCUT2D eigenvalue weighted by atomic mass is 16.5. The highest BCUT2D eigenvalue weighted by Crippen LogP contribution is 2.26. The summed E-state index contributed by atoms with van der Waals surface area (Å²) in [5.41, 5.74) is 6.86. The van der Waals surface area contributed by atoms with Crippen LogP contribution in [0.2, 0.25) is 0 Å². The van der Waals surface area contributed by atoms with Crippen LogP contribution in [0.15, 0.2) is 24.5 Å². The van der Waals surface area contributed by atoms with Crippen molar-refractivity contribution in [3.63, 3.8) is 0 Å². The van der Waals surface area contributed by atoms with Crippen LogP contribution in [0.5, 0.6) is 11.5 Å². The largest absolute Gasteiger partial charge is 0.497 e. The summed E-state index contributed by atoms with van der Waals surface area (Å²) in [6.07, 6.45) is 1.51. The van der Waals surface area contributed by atoms with Gasteiger partial charge in [-0.15, -0.1) is 0 Å². The lowest BCUT2D eigenvalue weighted by molar-refractivity contribution is 0.0515. The smallest absolute Gasteiger partial charge is 0.358 e. The second-order valence-corrected chi connectivity index (χ2v) is 4.50. The molecule has 0 radical (unpaired) electrons. The summed E-state index contributed by atoms with van der Waals surface area (Å²) in [7, 11) is 3.16. The minimum absolute atomic E-state index is 0.144. The van der Waals surface area contributed by atoms with Gasteiger partial charge >= 0.3 is 5.97 Å². The molecule has 1 aromatic carbocycles. The number of carbonyl (C=O) groups excluding carboxylic acids is 1. The Bertz CT molecular complexity index is 667. The summed E-state index contributed by atoms with van der Waals surface area (Å²) in [5.74, 6) is 0.994. The molecule has 0 bridgehead atoms. The van der Waals surface area contributed by atoms with Gasteiger partial charge in [0, 0.05) is 11.6 Å². The fourth-order valence-electron chi connectivity index (χ4n) is 2.11. The Hall–Kier alpha value is -2.70. The van der Waals surface area contributed by atoms with Crippen molar-refractivity contribution in [1.82, 2.24) is 9.55 Å². The van der Waals surface area contributed by atoms with Gasteiger partial charge in [-0.25, -0.2) is 9.78 Å². The molecule has 0 unspecified atom stereocenters. The molecule has 22 heavy (non-hydrogen) atoms. The Labute approximate surface area is 128 Å². The molecule has 0 aliphatic rings. The maximum Gasteiger partial charge on any atom is 0.358 e. The number of anilines is 1. The van der Waals surface area contributed by atoms with Crippen molar-refractivity contribution in [3.05, 3.63) is 35.8 Å². The van der Waals surface area contributed by atoms with E-state index in [1.165, 1.54) is 6.33 Å². The van der Waals surface area contributed by atoms with Gasteiger partial charge in [0.15, 0.2) is 11.5 Å². The normalized spacial score (nSPS) is 10.3. The van der Waals surface area contributed by atoms with Crippen LogP contribution in [-0.2, 0) is 11.3 Å². The summed E-state index contributed by atoms with van der Waals surface area (Å²) < 4.78 is 17.2. The Kier molecular flexibility index (Phi) is 4.88. The summed E-state index contributed by atoms with van der Waals surface area (Å²) >= 11 is 0. The van der Waals surface area contributed by atoms with Crippen LogP contribution < -0.4 is 15.2 Å². The van der Waals surface area contributed by atoms with Crippen molar-refractivity contribution in [1.29, 1.82) is 0 Å². The maximum atomic E-state index is 12.0. The number of esters is 1. The molecule has 1 heterocycles. The second kappa shape index (κ2) is 6.84. The lowest BCUT2D eigenvalue weighted by atomic mass is 10.2. The average molecular weight is 305 g/mol. The van der Waals surface area contributed by atoms with E-state index in [2.05, 4.69) is 4.98 Å². The zero-order valence-corrected chi connectivity index (χ0v) is 12.8. The van der Waals surface area contributed by atoms with E-state index in [9.17, 15) is 4.79 Å². The summed E-state index contributed by atoms with van der Waals surface area (Å²) in [5, 5.41) is 0. The van der Waals surface area contributed by atoms with Crippen molar-refractivity contribution >= 4 is 11.8 Å². The van der Waals surface area contributed by atoms with E-state index < -0.39 is 5.97 Å². The van der Waals surface area contributed by atoms with Gasteiger partial charge in [0.05, 0.1) is 33.7 Å². The van der Waals surface area contributed by atoms with Gasteiger partial charge in [-0.1, -0.05) is 0 Å². The number of nitrogens with two attached hydrogens (primary N) is 1. The van der Waals surface area contributed by atoms with Crippen LogP contribution >= 0.6 is 0 Å². The first-order valence-electron chi connectivity index (χ1n) is 6.79. The molecule has 1 aromatic heterocycles. The number of carbonyl (C=O) groups is 1. The van der Waals surface area contributed by atoms with E-state index in [1.54, 1.807) is 31.8 Å². The molecule has 0 aliphatic heterocycles. The number of ether oxygens (including phenoxy) is 3. The molecule has 0 amide bonds. The topological polar surface area (TPSA) is 88.6 Å². The van der Waals surface area contributed by atoms with Crippen molar-refractivity contribution in [2.75, 3.05) is 26.6 Å². The molecule has 7 nitrogen and oxygen atoms in total. The second-order valence-electron chi connectivity index (χ2n) is 4.50. The zero-order valence-electron chi connectivity index (χ0n) is 12.8. The van der Waals surface area contributed by atoms with Gasteiger partial charge in [-0.05, 0) is 19.1 Å². The van der Waals surface area contributed by atoms with Gasteiger partial charge in [0.1, 0.15) is 11.5 Å². The van der Waals surface area contributed by atoms with E-state index >= 15 is 0 Å². The van der Waals surface area contributed by atoms with Gasteiger partial charge in [0.25, 0.3) is 0 Å². The summed E-state index contributed by atoms with van der Waals surface area (Å²) in [4.78, 5) is 16.0. The Balaban J connectivity index is 2.34. The van der Waals surface area contributed by atoms with Crippen molar-refractivity contribution in [3.8, 4) is 11.5 Å². The molecule has 7 heteroatoms. The first-order chi connectivity index (χ1) is 10.6. The number of aromatic nitrogens is 2. The van der Waals surface area contributed by atoms with Crippen molar-refractivity contribution < 1.29 is 19.0 Å². The minimum Gasteiger partial charge on any atom is -0.497 e. The number of rotatable bonds is 6. The van der Waals surface area contributed by atoms with E-state index in [0.29, 0.717) is 18.0 Å². The molecule has 0 fully saturated rings. The maximum absolute atomic E-state index is 12.0. The number of methoxy groups -OCH3 is 2. The summed E-state index contributed by atoms with van der Waals surface area (Å²) in [6.45, 7) is 2.39. The first kappa shape index (κ1) is 15.7. The minimum atomic E-state index is -0.495. The molecule has 0 spiro atoms. The van der Waals surface area contributed by atoms with Crippen LogP contribution in [0.3, 0.4) is 0 Å². The number of nitrogens with zero attached hydrogens (tertiary/aromatic N) is 2. The molecule has 2 N–H and O–H groups in total. The zero-order chi connectivity index (χ0) is 16.1. The number of hydrogen-bond acceptors (Lipinski definition) is 6. The SMILES string of the molecule is CCOC(=O)c1c(N)ncn1Cc1ccc(OC)cc1OC. The molecule has 0 saturated heterocycles. The predicted octanol–water partition coefficient (Wildman–Crippen LogP) is 1.71.